The predicted octanol–water partition coefficient (Wildman–Crippen LogP) is 0.399. The van der Waals surface area contributed by atoms with Crippen molar-refractivity contribution in [1.82, 2.24) is 14.9 Å². The zero-order valence-electron chi connectivity index (χ0n) is 13.1. The van der Waals surface area contributed by atoms with Gasteiger partial charge in [-0.05, 0) is 31.2 Å². The molecule has 0 bridgehead atoms. The van der Waals surface area contributed by atoms with E-state index in [9.17, 15) is 14.4 Å². The first-order valence-electron chi connectivity index (χ1n) is 7.91. The van der Waals surface area contributed by atoms with Crippen LogP contribution in [0.25, 0.3) is 0 Å². The van der Waals surface area contributed by atoms with Crippen molar-refractivity contribution in [3.8, 4) is 0 Å². The van der Waals surface area contributed by atoms with Crippen molar-refractivity contribution in [3.63, 3.8) is 0 Å². The van der Waals surface area contributed by atoms with E-state index in [1.54, 1.807) is 11.3 Å². The largest absolute Gasteiger partial charge is 0.395 e. The van der Waals surface area contributed by atoms with Crippen LogP contribution in [0.4, 0.5) is 0 Å². The van der Waals surface area contributed by atoms with Crippen LogP contribution in [-0.4, -0.2) is 27.2 Å². The van der Waals surface area contributed by atoms with Crippen LogP contribution in [0.15, 0.2) is 21.2 Å². The third kappa shape index (κ3) is 3.34. The van der Waals surface area contributed by atoms with Crippen LogP contribution in [0.5, 0.6) is 0 Å². The molecule has 0 aromatic carbocycles. The molecule has 0 unspecified atom stereocenters. The molecule has 1 amide bonds. The number of nitrogens with one attached hydrogen (secondary N) is 2. The van der Waals surface area contributed by atoms with Crippen molar-refractivity contribution >= 4 is 17.2 Å². The van der Waals surface area contributed by atoms with Crippen molar-refractivity contribution in [2.75, 3.05) is 6.61 Å². The Bertz CT molecular complexity index is 865. The number of H-pyrrole nitrogens is 1. The minimum absolute atomic E-state index is 0.0322. The molecule has 0 fully saturated rings. The van der Waals surface area contributed by atoms with Gasteiger partial charge < -0.3 is 10.4 Å². The molecule has 2 heterocycles. The SMILES string of the molecule is O=C(NCc1cn(CCO)c(=O)[nH]c1=O)c1csc2c1CCCC2. The second kappa shape index (κ2) is 7.14. The Morgan fingerprint density at radius 1 is 1.33 bits per heavy atom. The Kier molecular flexibility index (Phi) is 4.96. The zero-order chi connectivity index (χ0) is 17.1. The lowest BCUT2D eigenvalue weighted by molar-refractivity contribution is 0.0950. The van der Waals surface area contributed by atoms with Crippen molar-refractivity contribution < 1.29 is 9.90 Å². The maximum absolute atomic E-state index is 12.4. The Morgan fingerprint density at radius 2 is 2.12 bits per heavy atom. The number of rotatable bonds is 5. The second-order valence-electron chi connectivity index (χ2n) is 5.77. The number of thiophene rings is 1. The lowest BCUT2D eigenvalue weighted by Crippen LogP contribution is -2.35. The van der Waals surface area contributed by atoms with E-state index in [-0.39, 0.29) is 31.2 Å². The highest BCUT2D eigenvalue weighted by atomic mass is 32.1. The van der Waals surface area contributed by atoms with E-state index in [0.717, 1.165) is 31.2 Å². The number of hydrogen-bond acceptors (Lipinski definition) is 5. The first kappa shape index (κ1) is 16.7. The Morgan fingerprint density at radius 3 is 2.92 bits per heavy atom. The van der Waals surface area contributed by atoms with Gasteiger partial charge in [0, 0.05) is 23.0 Å². The Hall–Kier alpha value is -2.19. The summed E-state index contributed by atoms with van der Waals surface area (Å²) in [6, 6.07) is 0. The number of hydrogen-bond donors (Lipinski definition) is 3. The number of fused-ring (bicyclic) bond motifs is 1. The first-order chi connectivity index (χ1) is 11.6. The number of aromatic nitrogens is 2. The highest BCUT2D eigenvalue weighted by Gasteiger charge is 2.20. The molecule has 128 valence electrons. The molecule has 3 N–H and O–H groups in total. The smallest absolute Gasteiger partial charge is 0.328 e. The highest BCUT2D eigenvalue weighted by molar-refractivity contribution is 7.10. The summed E-state index contributed by atoms with van der Waals surface area (Å²) in [4.78, 5) is 39.3. The summed E-state index contributed by atoms with van der Waals surface area (Å²) < 4.78 is 1.22. The average molecular weight is 349 g/mol. The van der Waals surface area contributed by atoms with E-state index < -0.39 is 11.2 Å². The van der Waals surface area contributed by atoms with Gasteiger partial charge in [0.2, 0.25) is 0 Å². The summed E-state index contributed by atoms with van der Waals surface area (Å²) >= 11 is 1.61. The summed E-state index contributed by atoms with van der Waals surface area (Å²) in [6.45, 7) is -0.0854. The van der Waals surface area contributed by atoms with Gasteiger partial charge in [0.05, 0.1) is 24.3 Å². The number of aliphatic hydroxyl groups excluding tert-OH is 1. The van der Waals surface area contributed by atoms with Gasteiger partial charge in [-0.25, -0.2) is 4.79 Å². The van der Waals surface area contributed by atoms with E-state index in [4.69, 9.17) is 5.11 Å². The number of amides is 1. The molecule has 24 heavy (non-hydrogen) atoms. The topological polar surface area (TPSA) is 104 Å². The summed E-state index contributed by atoms with van der Waals surface area (Å²) in [5.74, 6) is -0.200. The van der Waals surface area contributed by atoms with Crippen molar-refractivity contribution in [1.29, 1.82) is 0 Å². The number of aromatic amines is 1. The first-order valence-corrected chi connectivity index (χ1v) is 8.79. The van der Waals surface area contributed by atoms with E-state index in [1.807, 2.05) is 5.38 Å². The molecule has 0 spiro atoms. The fraction of sp³-hybridized carbons (Fsp3) is 0.438. The minimum atomic E-state index is -0.573. The van der Waals surface area contributed by atoms with Crippen LogP contribution in [0.3, 0.4) is 0 Å². The molecular weight excluding hydrogens is 330 g/mol. The average Bonchev–Trinajstić information content (AvgIpc) is 3.00. The molecule has 0 atom stereocenters. The van der Waals surface area contributed by atoms with Crippen LogP contribution in [-0.2, 0) is 25.9 Å². The summed E-state index contributed by atoms with van der Waals surface area (Å²) in [7, 11) is 0. The lowest BCUT2D eigenvalue weighted by Gasteiger charge is -2.13. The van der Waals surface area contributed by atoms with Gasteiger partial charge in [-0.2, -0.15) is 0 Å². The van der Waals surface area contributed by atoms with Crippen molar-refractivity contribution in [2.45, 2.75) is 38.8 Å². The van der Waals surface area contributed by atoms with Gasteiger partial charge in [-0.1, -0.05) is 0 Å². The van der Waals surface area contributed by atoms with Gasteiger partial charge in [0.1, 0.15) is 0 Å². The van der Waals surface area contributed by atoms with E-state index >= 15 is 0 Å². The summed E-state index contributed by atoms with van der Waals surface area (Å²) in [6.07, 6.45) is 5.58. The summed E-state index contributed by atoms with van der Waals surface area (Å²) in [5, 5.41) is 13.6. The third-order valence-corrected chi connectivity index (χ3v) is 5.26. The minimum Gasteiger partial charge on any atom is -0.395 e. The van der Waals surface area contributed by atoms with Gasteiger partial charge >= 0.3 is 5.69 Å². The Balaban J connectivity index is 1.75. The van der Waals surface area contributed by atoms with Gasteiger partial charge in [-0.3, -0.25) is 19.1 Å². The number of aliphatic hydroxyl groups is 1. The van der Waals surface area contributed by atoms with E-state index in [1.165, 1.54) is 15.6 Å². The fourth-order valence-electron chi connectivity index (χ4n) is 2.91. The van der Waals surface area contributed by atoms with Crippen molar-refractivity contribution in [3.05, 3.63) is 54.0 Å². The molecule has 0 radical (unpaired) electrons. The molecule has 0 aliphatic heterocycles. The van der Waals surface area contributed by atoms with Crippen LogP contribution < -0.4 is 16.6 Å². The highest BCUT2D eigenvalue weighted by Crippen LogP contribution is 2.30. The van der Waals surface area contributed by atoms with E-state index in [0.29, 0.717) is 5.56 Å². The number of carbonyl (C=O) groups is 1. The van der Waals surface area contributed by atoms with E-state index in [2.05, 4.69) is 10.3 Å². The molecule has 8 heteroatoms. The number of carbonyl (C=O) groups excluding carboxylic acids is 1. The number of nitrogens with zero attached hydrogens (tertiary/aromatic N) is 1. The molecule has 0 saturated heterocycles. The molecule has 3 rings (SSSR count). The molecule has 7 nitrogen and oxygen atoms in total. The van der Waals surface area contributed by atoms with Crippen LogP contribution in [0.1, 0.15) is 39.2 Å². The normalized spacial score (nSPS) is 13.5. The van der Waals surface area contributed by atoms with Crippen molar-refractivity contribution in [2.24, 2.45) is 0 Å². The number of aryl methyl sites for hydroxylation is 1. The van der Waals surface area contributed by atoms with Crippen LogP contribution in [0.2, 0.25) is 0 Å². The molecular formula is C16H19N3O4S. The quantitative estimate of drug-likeness (QED) is 0.727. The third-order valence-electron chi connectivity index (χ3n) is 4.17. The summed E-state index contributed by atoms with van der Waals surface area (Å²) in [5.41, 5.74) is 0.996. The predicted molar refractivity (Wildman–Crippen MR) is 90.5 cm³/mol. The maximum atomic E-state index is 12.4. The van der Waals surface area contributed by atoms with Gasteiger partial charge in [-0.15, -0.1) is 11.3 Å². The standard InChI is InChI=1S/C16H19N3O4S/c20-6-5-19-8-10(14(21)18-16(19)23)7-17-15(22)12-9-24-13-4-2-1-3-11(12)13/h8-9,20H,1-7H2,(H,17,22)(H,18,21,23). The fourth-order valence-corrected chi connectivity index (χ4v) is 4.04. The molecule has 1 aliphatic rings. The molecule has 1 aliphatic carbocycles. The maximum Gasteiger partial charge on any atom is 0.328 e. The van der Waals surface area contributed by atoms with Crippen LogP contribution >= 0.6 is 11.3 Å². The van der Waals surface area contributed by atoms with Gasteiger partial charge in [0.15, 0.2) is 0 Å². The second-order valence-corrected chi connectivity index (χ2v) is 6.74. The zero-order valence-corrected chi connectivity index (χ0v) is 13.9. The van der Waals surface area contributed by atoms with Gasteiger partial charge in [0.25, 0.3) is 11.5 Å². The van der Waals surface area contributed by atoms with Crippen LogP contribution in [0, 0.1) is 0 Å². The Labute approximate surface area is 142 Å². The molecule has 2 aromatic heterocycles. The monoisotopic (exact) mass is 349 g/mol. The molecule has 0 saturated carbocycles. The lowest BCUT2D eigenvalue weighted by atomic mass is 9.95. The molecule has 2 aromatic rings.